The summed E-state index contributed by atoms with van der Waals surface area (Å²) < 4.78 is 32.0. The molecule has 0 saturated carbocycles. The molecule has 0 aliphatic carbocycles. The van der Waals surface area contributed by atoms with Crippen LogP contribution >= 0.6 is 27.3 Å². The fourth-order valence-corrected chi connectivity index (χ4v) is 5.07. The molecule has 1 unspecified atom stereocenters. The number of carbonyl (C=O) groups is 1. The van der Waals surface area contributed by atoms with Gasteiger partial charge in [0.1, 0.15) is 9.77 Å². The van der Waals surface area contributed by atoms with Gasteiger partial charge in [-0.05, 0) is 28.4 Å². The van der Waals surface area contributed by atoms with E-state index in [9.17, 15) is 13.2 Å². The molecule has 1 aromatic heterocycles. The Labute approximate surface area is 124 Å². The second kappa shape index (κ2) is 6.80. The highest BCUT2D eigenvalue weighted by molar-refractivity contribution is 9.11. The van der Waals surface area contributed by atoms with Crippen LogP contribution in [0, 0.1) is 0 Å². The van der Waals surface area contributed by atoms with E-state index in [4.69, 9.17) is 9.84 Å². The predicted molar refractivity (Wildman–Crippen MR) is 75.3 cm³/mol. The van der Waals surface area contributed by atoms with Crippen molar-refractivity contribution in [2.45, 2.75) is 24.3 Å². The van der Waals surface area contributed by atoms with Gasteiger partial charge in [0, 0.05) is 13.2 Å². The highest BCUT2D eigenvalue weighted by Crippen LogP contribution is 2.31. The number of sulfonamides is 1. The molecule has 0 spiro atoms. The van der Waals surface area contributed by atoms with Crippen molar-refractivity contribution in [3.63, 3.8) is 0 Å². The minimum atomic E-state index is -3.77. The third-order valence-corrected chi connectivity index (χ3v) is 6.10. The molecule has 1 atom stereocenters. The van der Waals surface area contributed by atoms with Gasteiger partial charge in [-0.15, -0.1) is 11.3 Å². The van der Waals surface area contributed by atoms with Gasteiger partial charge in [-0.2, -0.15) is 0 Å². The van der Waals surface area contributed by atoms with Crippen LogP contribution in [0.15, 0.2) is 14.7 Å². The molecule has 0 bridgehead atoms. The van der Waals surface area contributed by atoms with E-state index in [0.717, 1.165) is 17.4 Å². The lowest BCUT2D eigenvalue weighted by Gasteiger charge is -2.15. The first-order chi connectivity index (χ1) is 8.81. The number of nitrogens with one attached hydrogen (secondary N) is 1. The van der Waals surface area contributed by atoms with Gasteiger partial charge in [0.05, 0.1) is 10.4 Å². The molecule has 0 fully saturated rings. The van der Waals surface area contributed by atoms with Crippen LogP contribution in [-0.4, -0.2) is 39.3 Å². The molecule has 9 heteroatoms. The standard InChI is InChI=1S/C10H14BrNO5S2/c1-3-6(5-17-2)12-19(15,16)8-4-7(10(13)14)18-9(8)11/h4,6,12H,3,5H2,1-2H3,(H,13,14). The topological polar surface area (TPSA) is 92.7 Å². The average molecular weight is 372 g/mol. The Morgan fingerprint density at radius 3 is 2.68 bits per heavy atom. The number of halogens is 1. The summed E-state index contributed by atoms with van der Waals surface area (Å²) in [7, 11) is -2.28. The van der Waals surface area contributed by atoms with E-state index < -0.39 is 16.0 Å². The molecule has 0 saturated heterocycles. The van der Waals surface area contributed by atoms with Crippen molar-refractivity contribution in [1.82, 2.24) is 4.72 Å². The van der Waals surface area contributed by atoms with Crippen LogP contribution in [0.25, 0.3) is 0 Å². The maximum atomic E-state index is 12.2. The van der Waals surface area contributed by atoms with Gasteiger partial charge in [0.2, 0.25) is 10.0 Å². The SMILES string of the molecule is CCC(COC)NS(=O)(=O)c1cc(C(=O)O)sc1Br. The minimum Gasteiger partial charge on any atom is -0.477 e. The summed E-state index contributed by atoms with van der Waals surface area (Å²) in [5, 5.41) is 8.85. The number of rotatable bonds is 7. The van der Waals surface area contributed by atoms with Crippen LogP contribution in [0.2, 0.25) is 0 Å². The molecule has 0 radical (unpaired) electrons. The summed E-state index contributed by atoms with van der Waals surface area (Å²) in [4.78, 5) is 10.7. The molecule has 6 nitrogen and oxygen atoms in total. The van der Waals surface area contributed by atoms with Gasteiger partial charge in [-0.1, -0.05) is 6.92 Å². The third kappa shape index (κ3) is 4.25. The van der Waals surface area contributed by atoms with Crippen LogP contribution in [-0.2, 0) is 14.8 Å². The van der Waals surface area contributed by atoms with Gasteiger partial charge in [0.15, 0.2) is 0 Å². The first kappa shape index (κ1) is 16.6. The molecule has 0 aliphatic heterocycles. The Balaban J connectivity index is 3.03. The quantitative estimate of drug-likeness (QED) is 0.763. The summed E-state index contributed by atoms with van der Waals surface area (Å²) in [5.74, 6) is -1.16. The van der Waals surface area contributed by atoms with Crippen molar-refractivity contribution in [2.75, 3.05) is 13.7 Å². The maximum absolute atomic E-state index is 12.2. The molecular formula is C10H14BrNO5S2. The Morgan fingerprint density at radius 2 is 2.26 bits per heavy atom. The first-order valence-electron chi connectivity index (χ1n) is 5.35. The molecule has 1 rings (SSSR count). The van der Waals surface area contributed by atoms with Crippen molar-refractivity contribution in [3.8, 4) is 0 Å². The Hall–Kier alpha value is -0.480. The van der Waals surface area contributed by atoms with E-state index in [1.54, 1.807) is 0 Å². The van der Waals surface area contributed by atoms with Crippen molar-refractivity contribution < 1.29 is 23.1 Å². The number of carboxylic acids is 1. The Kier molecular flexibility index (Phi) is 5.93. The largest absolute Gasteiger partial charge is 0.477 e. The lowest BCUT2D eigenvalue weighted by Crippen LogP contribution is -2.37. The van der Waals surface area contributed by atoms with Crippen LogP contribution in [0.3, 0.4) is 0 Å². The second-order valence-corrected chi connectivity index (χ2v) is 7.79. The molecule has 0 aliphatic rings. The number of ether oxygens (including phenoxy) is 1. The minimum absolute atomic E-state index is 0.0351. The zero-order valence-corrected chi connectivity index (χ0v) is 13.6. The molecular weight excluding hydrogens is 358 g/mol. The highest BCUT2D eigenvalue weighted by Gasteiger charge is 2.25. The zero-order chi connectivity index (χ0) is 14.6. The lowest BCUT2D eigenvalue weighted by atomic mass is 10.3. The molecule has 19 heavy (non-hydrogen) atoms. The van der Waals surface area contributed by atoms with Gasteiger partial charge in [-0.25, -0.2) is 17.9 Å². The molecule has 2 N–H and O–H groups in total. The molecule has 1 aromatic rings. The number of carboxylic acid groups (broad SMARTS) is 1. The lowest BCUT2D eigenvalue weighted by molar-refractivity contribution is 0.0702. The third-order valence-electron chi connectivity index (χ3n) is 2.34. The maximum Gasteiger partial charge on any atom is 0.345 e. The van der Waals surface area contributed by atoms with E-state index in [0.29, 0.717) is 6.42 Å². The predicted octanol–water partition coefficient (Wildman–Crippen LogP) is 1.91. The summed E-state index contributed by atoms with van der Waals surface area (Å²) in [5.41, 5.74) is 0. The van der Waals surface area contributed by atoms with Gasteiger partial charge in [-0.3, -0.25) is 0 Å². The smallest absolute Gasteiger partial charge is 0.345 e. The number of hydrogen-bond donors (Lipinski definition) is 2. The van der Waals surface area contributed by atoms with Crippen LogP contribution in [0.5, 0.6) is 0 Å². The molecule has 0 aromatic carbocycles. The van der Waals surface area contributed by atoms with Gasteiger partial charge >= 0.3 is 5.97 Å². The molecule has 0 amide bonds. The summed E-state index contributed by atoms with van der Waals surface area (Å²) in [6.45, 7) is 2.08. The number of aromatic carboxylic acids is 1. The Morgan fingerprint density at radius 1 is 1.63 bits per heavy atom. The van der Waals surface area contributed by atoms with Gasteiger partial charge in [0.25, 0.3) is 0 Å². The van der Waals surface area contributed by atoms with E-state index in [1.807, 2.05) is 6.92 Å². The number of thiophene rings is 1. The first-order valence-corrected chi connectivity index (χ1v) is 8.45. The molecule has 108 valence electrons. The Bertz CT molecular complexity index is 554. The highest BCUT2D eigenvalue weighted by atomic mass is 79.9. The zero-order valence-electron chi connectivity index (χ0n) is 10.3. The number of hydrogen-bond acceptors (Lipinski definition) is 5. The summed E-state index contributed by atoms with van der Waals surface area (Å²) in [6.07, 6.45) is 0.570. The summed E-state index contributed by atoms with van der Waals surface area (Å²) in [6, 6.07) is 0.786. The molecule has 1 heterocycles. The van der Waals surface area contributed by atoms with E-state index in [2.05, 4.69) is 20.7 Å². The van der Waals surface area contributed by atoms with E-state index in [1.165, 1.54) is 7.11 Å². The average Bonchev–Trinajstić information content (AvgIpc) is 2.71. The fourth-order valence-electron chi connectivity index (χ4n) is 1.36. The van der Waals surface area contributed by atoms with Crippen molar-refractivity contribution in [2.24, 2.45) is 0 Å². The van der Waals surface area contributed by atoms with Gasteiger partial charge < -0.3 is 9.84 Å². The van der Waals surface area contributed by atoms with Crippen LogP contribution in [0.4, 0.5) is 0 Å². The van der Waals surface area contributed by atoms with Crippen molar-refractivity contribution >= 4 is 43.3 Å². The normalized spacial score (nSPS) is 13.4. The number of methoxy groups -OCH3 is 1. The van der Waals surface area contributed by atoms with Crippen LogP contribution < -0.4 is 4.72 Å². The van der Waals surface area contributed by atoms with Crippen molar-refractivity contribution in [3.05, 3.63) is 14.7 Å². The van der Waals surface area contributed by atoms with Crippen LogP contribution in [0.1, 0.15) is 23.0 Å². The van der Waals surface area contributed by atoms with E-state index in [-0.39, 0.29) is 26.2 Å². The second-order valence-electron chi connectivity index (χ2n) is 3.74. The monoisotopic (exact) mass is 371 g/mol. The fraction of sp³-hybridized carbons (Fsp3) is 0.500. The summed E-state index contributed by atoms with van der Waals surface area (Å²) >= 11 is 3.94. The van der Waals surface area contributed by atoms with E-state index >= 15 is 0 Å². The van der Waals surface area contributed by atoms with Crippen molar-refractivity contribution in [1.29, 1.82) is 0 Å².